The molecule has 0 saturated heterocycles. The Morgan fingerprint density at radius 2 is 1.56 bits per heavy atom. The minimum Gasteiger partial charge on any atom is -0.465 e. The van der Waals surface area contributed by atoms with E-state index in [2.05, 4.69) is 4.74 Å². The van der Waals surface area contributed by atoms with Crippen LogP contribution < -0.4 is 0 Å². The lowest BCUT2D eigenvalue weighted by atomic mass is 9.72. The molecule has 0 saturated carbocycles. The van der Waals surface area contributed by atoms with Crippen molar-refractivity contribution in [2.24, 2.45) is 5.41 Å². The lowest BCUT2D eigenvalue weighted by Crippen LogP contribution is -2.20. The average Bonchev–Trinajstić information content (AvgIpc) is 2.53. The van der Waals surface area contributed by atoms with E-state index in [4.69, 9.17) is 0 Å². The van der Waals surface area contributed by atoms with E-state index in [-0.39, 0.29) is 11.3 Å². The number of alkyl halides is 3. The molecular formula is C20H21F3O2. The molecule has 2 aromatic rings. The molecule has 134 valence electrons. The maximum atomic E-state index is 13.1. The number of halogens is 3. The molecule has 0 aliphatic rings. The molecule has 0 aliphatic carbocycles. The molecule has 2 nitrogen and oxygen atoms in total. The number of hydrogen-bond acceptors (Lipinski definition) is 2. The van der Waals surface area contributed by atoms with Crippen molar-refractivity contribution in [2.75, 3.05) is 7.11 Å². The maximum Gasteiger partial charge on any atom is 0.416 e. The van der Waals surface area contributed by atoms with Gasteiger partial charge in [-0.25, -0.2) is 4.79 Å². The summed E-state index contributed by atoms with van der Waals surface area (Å²) in [5, 5.41) is 0. The Hall–Kier alpha value is -2.30. The van der Waals surface area contributed by atoms with Gasteiger partial charge in [-0.3, -0.25) is 0 Å². The first-order valence-corrected chi connectivity index (χ1v) is 7.89. The smallest absolute Gasteiger partial charge is 0.416 e. The van der Waals surface area contributed by atoms with Gasteiger partial charge in [0.05, 0.1) is 18.2 Å². The molecule has 25 heavy (non-hydrogen) atoms. The fourth-order valence-electron chi connectivity index (χ4n) is 3.02. The molecule has 0 N–H and O–H groups in total. The third-order valence-electron chi connectivity index (χ3n) is 4.08. The van der Waals surface area contributed by atoms with Crippen LogP contribution in [-0.2, 0) is 10.9 Å². The molecule has 0 bridgehead atoms. The number of rotatable bonds is 3. The number of hydrogen-bond donors (Lipinski definition) is 0. The third kappa shape index (κ3) is 4.41. The first-order chi connectivity index (χ1) is 11.5. The topological polar surface area (TPSA) is 26.3 Å². The summed E-state index contributed by atoms with van der Waals surface area (Å²) >= 11 is 0. The third-order valence-corrected chi connectivity index (χ3v) is 4.08. The number of methoxy groups -OCH3 is 1. The van der Waals surface area contributed by atoms with Gasteiger partial charge >= 0.3 is 12.1 Å². The Morgan fingerprint density at radius 1 is 0.960 bits per heavy atom. The fraction of sp³-hybridized carbons (Fsp3) is 0.350. The van der Waals surface area contributed by atoms with Crippen molar-refractivity contribution in [1.82, 2.24) is 0 Å². The lowest BCUT2D eigenvalue weighted by Gasteiger charge is -2.32. The Morgan fingerprint density at radius 3 is 2.04 bits per heavy atom. The molecule has 0 aromatic heterocycles. The molecule has 0 spiro atoms. The second-order valence-corrected chi connectivity index (χ2v) is 7.04. The largest absolute Gasteiger partial charge is 0.465 e. The van der Waals surface area contributed by atoms with Crippen LogP contribution in [-0.4, -0.2) is 13.1 Å². The van der Waals surface area contributed by atoms with Crippen molar-refractivity contribution in [3.05, 3.63) is 70.8 Å². The highest BCUT2D eigenvalue weighted by atomic mass is 19.4. The highest BCUT2D eigenvalue weighted by molar-refractivity contribution is 5.89. The van der Waals surface area contributed by atoms with Crippen LogP contribution in [0.15, 0.2) is 48.5 Å². The summed E-state index contributed by atoms with van der Waals surface area (Å²) in [7, 11) is 1.30. The zero-order valence-electron chi connectivity index (χ0n) is 14.6. The van der Waals surface area contributed by atoms with Crippen molar-refractivity contribution in [2.45, 2.75) is 32.9 Å². The Balaban J connectivity index is 2.50. The van der Waals surface area contributed by atoms with Gasteiger partial charge in [0.1, 0.15) is 0 Å². The molecular weight excluding hydrogens is 329 g/mol. The van der Waals surface area contributed by atoms with E-state index in [1.807, 2.05) is 20.8 Å². The summed E-state index contributed by atoms with van der Waals surface area (Å²) in [6.45, 7) is 5.93. The fourth-order valence-corrected chi connectivity index (χ4v) is 3.02. The van der Waals surface area contributed by atoms with E-state index in [9.17, 15) is 18.0 Å². The first-order valence-electron chi connectivity index (χ1n) is 7.89. The van der Waals surface area contributed by atoms with Gasteiger partial charge in [-0.1, -0.05) is 51.1 Å². The van der Waals surface area contributed by atoms with Gasteiger partial charge in [-0.05, 0) is 34.7 Å². The Bertz CT molecular complexity index is 741. The normalized spacial score (nSPS) is 13.4. The second-order valence-electron chi connectivity index (χ2n) is 7.04. The Kier molecular flexibility index (Phi) is 5.26. The second kappa shape index (κ2) is 6.90. The van der Waals surface area contributed by atoms with E-state index >= 15 is 0 Å². The standard InChI is InChI=1S/C20H21F3O2/c1-19(2,3)17(13-8-10-14(11-9-13)18(24)25-4)15-6-5-7-16(12-15)20(21,22)23/h5-12,17H,1-4H3. The molecule has 0 aliphatic heterocycles. The molecule has 0 amide bonds. The van der Waals surface area contributed by atoms with Gasteiger partial charge in [-0.2, -0.15) is 13.2 Å². The minimum atomic E-state index is -4.38. The molecule has 2 rings (SSSR count). The van der Waals surface area contributed by atoms with Crippen molar-refractivity contribution in [1.29, 1.82) is 0 Å². The van der Waals surface area contributed by atoms with Crippen LogP contribution >= 0.6 is 0 Å². The molecule has 0 radical (unpaired) electrons. The van der Waals surface area contributed by atoms with Crippen LogP contribution in [0.1, 0.15) is 53.7 Å². The molecule has 1 atom stereocenters. The highest BCUT2D eigenvalue weighted by Crippen LogP contribution is 2.42. The van der Waals surface area contributed by atoms with Crippen molar-refractivity contribution < 1.29 is 22.7 Å². The summed E-state index contributed by atoms with van der Waals surface area (Å²) < 4.78 is 43.9. The van der Waals surface area contributed by atoms with Crippen LogP contribution in [0.2, 0.25) is 0 Å². The van der Waals surface area contributed by atoms with Crippen LogP contribution in [0.5, 0.6) is 0 Å². The van der Waals surface area contributed by atoms with E-state index in [0.717, 1.165) is 11.6 Å². The van der Waals surface area contributed by atoms with Crippen molar-refractivity contribution in [3.63, 3.8) is 0 Å². The lowest BCUT2D eigenvalue weighted by molar-refractivity contribution is -0.137. The molecule has 0 heterocycles. The maximum absolute atomic E-state index is 13.1. The van der Waals surface area contributed by atoms with Gasteiger partial charge in [0, 0.05) is 5.92 Å². The van der Waals surface area contributed by atoms with Crippen LogP contribution in [0.3, 0.4) is 0 Å². The Labute approximate surface area is 145 Å². The number of esters is 1. The molecule has 1 unspecified atom stereocenters. The van der Waals surface area contributed by atoms with Crippen LogP contribution in [0.25, 0.3) is 0 Å². The summed E-state index contributed by atoms with van der Waals surface area (Å²) in [5.74, 6) is -0.695. The molecule has 2 aromatic carbocycles. The monoisotopic (exact) mass is 350 g/mol. The number of ether oxygens (including phenoxy) is 1. The number of carbonyl (C=O) groups excluding carboxylic acids is 1. The summed E-state index contributed by atoms with van der Waals surface area (Å²) in [6, 6.07) is 12.2. The molecule has 0 fully saturated rings. The minimum absolute atomic E-state index is 0.249. The molecule has 5 heteroatoms. The zero-order valence-corrected chi connectivity index (χ0v) is 14.6. The summed E-state index contributed by atoms with van der Waals surface area (Å²) in [4.78, 5) is 11.6. The van der Waals surface area contributed by atoms with E-state index in [1.54, 1.807) is 30.3 Å². The van der Waals surface area contributed by atoms with E-state index in [0.29, 0.717) is 11.1 Å². The summed E-state index contributed by atoms with van der Waals surface area (Å²) in [6.07, 6.45) is -4.38. The van der Waals surface area contributed by atoms with Gasteiger partial charge < -0.3 is 4.74 Å². The SMILES string of the molecule is COC(=O)c1ccc(C(c2cccc(C(F)(F)F)c2)C(C)(C)C)cc1. The van der Waals surface area contributed by atoms with E-state index < -0.39 is 17.7 Å². The van der Waals surface area contributed by atoms with Gasteiger partial charge in [0.15, 0.2) is 0 Å². The van der Waals surface area contributed by atoms with Crippen molar-refractivity contribution in [3.8, 4) is 0 Å². The first kappa shape index (κ1) is 19.0. The zero-order chi connectivity index (χ0) is 18.8. The number of benzene rings is 2. The summed E-state index contributed by atoms with van der Waals surface area (Å²) in [5.41, 5.74) is 0.873. The number of carbonyl (C=O) groups is 1. The van der Waals surface area contributed by atoms with Crippen LogP contribution in [0, 0.1) is 5.41 Å². The van der Waals surface area contributed by atoms with Gasteiger partial charge in [0.25, 0.3) is 0 Å². The van der Waals surface area contributed by atoms with Crippen molar-refractivity contribution >= 4 is 5.97 Å². The van der Waals surface area contributed by atoms with Crippen LogP contribution in [0.4, 0.5) is 13.2 Å². The van der Waals surface area contributed by atoms with Gasteiger partial charge in [0.2, 0.25) is 0 Å². The average molecular weight is 350 g/mol. The predicted molar refractivity (Wildman–Crippen MR) is 90.5 cm³/mol. The predicted octanol–water partition coefficient (Wildman–Crippen LogP) is 5.67. The quantitative estimate of drug-likeness (QED) is 0.667. The van der Waals surface area contributed by atoms with Gasteiger partial charge in [-0.15, -0.1) is 0 Å². The highest BCUT2D eigenvalue weighted by Gasteiger charge is 2.33. The van der Waals surface area contributed by atoms with E-state index in [1.165, 1.54) is 19.2 Å².